The zero-order valence-electron chi connectivity index (χ0n) is 14.8. The van der Waals surface area contributed by atoms with Crippen LogP contribution >= 0.6 is 0 Å². The van der Waals surface area contributed by atoms with E-state index in [0.29, 0.717) is 13.2 Å². The Hall–Kier alpha value is -2.35. The van der Waals surface area contributed by atoms with Crippen LogP contribution in [0.15, 0.2) is 26.1 Å². The summed E-state index contributed by atoms with van der Waals surface area (Å²) in [6.07, 6.45) is 0. The van der Waals surface area contributed by atoms with Crippen molar-refractivity contribution in [2.24, 2.45) is 0 Å². The van der Waals surface area contributed by atoms with Crippen LogP contribution in [0.2, 0.25) is 0 Å². The molecule has 0 radical (unpaired) electrons. The second kappa shape index (κ2) is 6.75. The van der Waals surface area contributed by atoms with Gasteiger partial charge >= 0.3 is 0 Å². The molecule has 2 aromatic rings. The van der Waals surface area contributed by atoms with Crippen molar-refractivity contribution in [2.45, 2.75) is 31.4 Å². The number of ether oxygens (including phenoxy) is 1. The lowest BCUT2D eigenvalue weighted by Gasteiger charge is -2.24. The van der Waals surface area contributed by atoms with Crippen LogP contribution in [0.5, 0.6) is 0 Å². The lowest BCUT2D eigenvalue weighted by Crippen LogP contribution is -2.40. The quantitative estimate of drug-likeness (QED) is 0.855. The molecule has 1 fully saturated rings. The molecule has 1 N–H and O–H groups in total. The van der Waals surface area contributed by atoms with Crippen LogP contribution in [0.25, 0.3) is 11.7 Å². The molecule has 0 bridgehead atoms. The van der Waals surface area contributed by atoms with Gasteiger partial charge in [0, 0.05) is 18.6 Å². The maximum absolute atomic E-state index is 12.6. The number of rotatable bonds is 4. The molecule has 0 unspecified atom stereocenters. The highest BCUT2D eigenvalue weighted by Crippen LogP contribution is 2.30. The van der Waals surface area contributed by atoms with E-state index in [-0.39, 0.29) is 46.9 Å². The maximum atomic E-state index is 12.6. The van der Waals surface area contributed by atoms with Crippen LogP contribution in [-0.4, -0.2) is 49.5 Å². The largest absolute Gasteiger partial charge is 0.438 e. The van der Waals surface area contributed by atoms with Gasteiger partial charge in [0.05, 0.1) is 13.2 Å². The molecule has 3 heterocycles. The number of hydrogen-bond donors (Lipinski definition) is 1. The molecule has 0 amide bonds. The molecule has 140 valence electrons. The summed E-state index contributed by atoms with van der Waals surface area (Å²) in [6, 6.07) is 4.76. The highest BCUT2D eigenvalue weighted by molar-refractivity contribution is 7.89. The molecule has 0 spiro atoms. The van der Waals surface area contributed by atoms with Crippen LogP contribution in [-0.2, 0) is 14.8 Å². The average Bonchev–Trinajstić information content (AvgIpc) is 3.21. The van der Waals surface area contributed by atoms with Gasteiger partial charge in [-0.3, -0.25) is 0 Å². The third-order valence-corrected chi connectivity index (χ3v) is 5.35. The molecule has 0 aromatic carbocycles. The van der Waals surface area contributed by atoms with E-state index in [1.165, 1.54) is 16.4 Å². The normalized spacial score (nSPS) is 16.4. The van der Waals surface area contributed by atoms with Crippen molar-refractivity contribution in [1.82, 2.24) is 9.29 Å². The van der Waals surface area contributed by atoms with Gasteiger partial charge < -0.3 is 18.9 Å². The van der Waals surface area contributed by atoms with Crippen LogP contribution < -0.4 is 5.32 Å². The van der Waals surface area contributed by atoms with Crippen LogP contribution in [0, 0.1) is 11.3 Å². The fourth-order valence-corrected chi connectivity index (χ4v) is 3.73. The van der Waals surface area contributed by atoms with E-state index < -0.39 is 10.0 Å². The molecule has 2 aromatic heterocycles. The summed E-state index contributed by atoms with van der Waals surface area (Å²) in [5.41, 5.74) is -0.264. The van der Waals surface area contributed by atoms with Crippen LogP contribution in [0.3, 0.4) is 0 Å². The Bertz CT molecular complexity index is 927. The second-order valence-electron chi connectivity index (χ2n) is 6.82. The van der Waals surface area contributed by atoms with E-state index in [4.69, 9.17) is 13.6 Å². The van der Waals surface area contributed by atoms with Crippen molar-refractivity contribution < 1.29 is 22.0 Å². The number of anilines is 1. The Kier molecular flexibility index (Phi) is 4.79. The standard InChI is InChI=1S/C16H20N4O5S/c1-16(2,3)19-14-11(10-17)18-15(25-14)12-4-5-13(24-12)26(21,22)20-6-8-23-9-7-20/h4-5,19H,6-9H2,1-3H3. The van der Waals surface area contributed by atoms with E-state index >= 15 is 0 Å². The van der Waals surface area contributed by atoms with Gasteiger partial charge in [-0.25, -0.2) is 8.42 Å². The van der Waals surface area contributed by atoms with Crippen molar-refractivity contribution in [3.8, 4) is 17.7 Å². The Balaban J connectivity index is 1.89. The van der Waals surface area contributed by atoms with Crippen LogP contribution in [0.1, 0.15) is 26.5 Å². The number of furan rings is 1. The van der Waals surface area contributed by atoms with E-state index in [1.54, 1.807) is 0 Å². The highest BCUT2D eigenvalue weighted by Gasteiger charge is 2.30. The van der Waals surface area contributed by atoms with Crippen LogP contribution in [0.4, 0.5) is 5.88 Å². The minimum atomic E-state index is -3.75. The van der Waals surface area contributed by atoms with Gasteiger partial charge in [0.1, 0.15) is 6.07 Å². The topological polar surface area (TPSA) is 122 Å². The van der Waals surface area contributed by atoms with Crippen molar-refractivity contribution in [2.75, 3.05) is 31.6 Å². The number of nitrogens with one attached hydrogen (secondary N) is 1. The van der Waals surface area contributed by atoms with Gasteiger partial charge in [-0.2, -0.15) is 14.6 Å². The number of nitrogens with zero attached hydrogens (tertiary/aromatic N) is 3. The number of morpholine rings is 1. The zero-order chi connectivity index (χ0) is 18.9. The first-order chi connectivity index (χ1) is 12.2. The summed E-state index contributed by atoms with van der Waals surface area (Å²) in [5, 5.41) is 12.1. The summed E-state index contributed by atoms with van der Waals surface area (Å²) in [6.45, 7) is 6.98. The summed E-state index contributed by atoms with van der Waals surface area (Å²) in [7, 11) is -3.75. The summed E-state index contributed by atoms with van der Waals surface area (Å²) in [4.78, 5) is 4.08. The predicted molar refractivity (Wildman–Crippen MR) is 91.9 cm³/mol. The third kappa shape index (κ3) is 3.75. The molecule has 0 aliphatic carbocycles. The average molecular weight is 380 g/mol. The van der Waals surface area contributed by atoms with Gasteiger partial charge in [-0.1, -0.05) is 0 Å². The fraction of sp³-hybridized carbons (Fsp3) is 0.500. The highest BCUT2D eigenvalue weighted by atomic mass is 32.2. The lowest BCUT2D eigenvalue weighted by atomic mass is 10.1. The number of oxazole rings is 1. The van der Waals surface area contributed by atoms with Crippen molar-refractivity contribution in [3.63, 3.8) is 0 Å². The number of nitriles is 1. The molecular formula is C16H20N4O5S. The molecule has 0 atom stereocenters. The SMILES string of the molecule is CC(C)(C)Nc1oc(-c2ccc(S(=O)(=O)N3CCOCC3)o2)nc1C#N. The van der Waals surface area contributed by atoms with Gasteiger partial charge in [0.25, 0.3) is 15.9 Å². The van der Waals surface area contributed by atoms with Crippen molar-refractivity contribution >= 4 is 15.9 Å². The Morgan fingerprint density at radius 3 is 2.54 bits per heavy atom. The molecule has 9 nitrogen and oxygen atoms in total. The smallest absolute Gasteiger partial charge is 0.276 e. The van der Waals surface area contributed by atoms with E-state index in [1.807, 2.05) is 26.8 Å². The fourth-order valence-electron chi connectivity index (χ4n) is 2.41. The summed E-state index contributed by atoms with van der Waals surface area (Å²) in [5.74, 6) is 0.385. The minimum Gasteiger partial charge on any atom is -0.438 e. The van der Waals surface area contributed by atoms with Gasteiger partial charge in [0.2, 0.25) is 16.7 Å². The molecule has 1 saturated heterocycles. The predicted octanol–water partition coefficient (Wildman–Crippen LogP) is 2.04. The monoisotopic (exact) mass is 380 g/mol. The van der Waals surface area contributed by atoms with E-state index in [9.17, 15) is 13.7 Å². The first-order valence-corrected chi connectivity index (χ1v) is 9.52. The van der Waals surface area contributed by atoms with Gasteiger partial charge in [-0.05, 0) is 32.9 Å². The molecule has 3 rings (SSSR count). The molecule has 1 aliphatic rings. The summed E-state index contributed by atoms with van der Waals surface area (Å²) >= 11 is 0. The van der Waals surface area contributed by atoms with Gasteiger partial charge in [-0.15, -0.1) is 0 Å². The Labute approximate surface area is 151 Å². The number of hydrogen-bond acceptors (Lipinski definition) is 8. The molecule has 10 heteroatoms. The van der Waals surface area contributed by atoms with Crippen molar-refractivity contribution in [3.05, 3.63) is 17.8 Å². The second-order valence-corrected chi connectivity index (χ2v) is 8.69. The van der Waals surface area contributed by atoms with Gasteiger partial charge in [0.15, 0.2) is 5.76 Å². The summed E-state index contributed by atoms with van der Waals surface area (Å²) < 4.78 is 42.7. The number of sulfonamides is 1. The zero-order valence-corrected chi connectivity index (χ0v) is 15.6. The maximum Gasteiger partial charge on any atom is 0.276 e. The first kappa shape index (κ1) is 18.4. The minimum absolute atomic E-state index is 0.0386. The molecule has 1 aliphatic heterocycles. The van der Waals surface area contributed by atoms with E-state index in [0.717, 1.165) is 0 Å². The molecule has 0 saturated carbocycles. The van der Waals surface area contributed by atoms with Crippen molar-refractivity contribution in [1.29, 1.82) is 5.26 Å². The molecule has 26 heavy (non-hydrogen) atoms. The third-order valence-electron chi connectivity index (χ3n) is 3.58. The number of aromatic nitrogens is 1. The molecular weight excluding hydrogens is 360 g/mol. The Morgan fingerprint density at radius 1 is 1.23 bits per heavy atom. The lowest BCUT2D eigenvalue weighted by molar-refractivity contribution is 0.0724. The Morgan fingerprint density at radius 2 is 1.92 bits per heavy atom. The first-order valence-electron chi connectivity index (χ1n) is 8.08. The van der Waals surface area contributed by atoms with E-state index in [2.05, 4.69) is 10.3 Å².